The molecule has 2 saturated heterocycles. The van der Waals surface area contributed by atoms with E-state index in [9.17, 15) is 14.0 Å². The highest BCUT2D eigenvalue weighted by atomic mass is 19.1. The van der Waals surface area contributed by atoms with E-state index >= 15 is 0 Å². The average molecular weight is 474 g/mol. The van der Waals surface area contributed by atoms with Crippen molar-refractivity contribution in [1.29, 1.82) is 0 Å². The Bertz CT molecular complexity index is 933. The maximum atomic E-state index is 14.2. The van der Waals surface area contributed by atoms with Crippen molar-refractivity contribution in [2.45, 2.75) is 62.9 Å². The number of likely N-dealkylation sites (tertiary alicyclic amines) is 2. The van der Waals surface area contributed by atoms with E-state index in [1.54, 1.807) is 26.2 Å². The number of carbonyl (C=O) groups excluding carboxylic acids is 2. The Balaban J connectivity index is 1.24. The van der Waals surface area contributed by atoms with Crippen molar-refractivity contribution < 1.29 is 23.5 Å². The zero-order valence-electron chi connectivity index (χ0n) is 20.3. The lowest BCUT2D eigenvalue weighted by atomic mass is 9.74. The fourth-order valence-corrected chi connectivity index (χ4v) is 6.94. The Hall–Kier alpha value is -2.19. The number of nitrogens with zero attached hydrogens (tertiary/aromatic N) is 3. The smallest absolute Gasteiger partial charge is 0.410 e. The zero-order chi connectivity index (χ0) is 23.9. The van der Waals surface area contributed by atoms with Crippen LogP contribution in [0.2, 0.25) is 0 Å². The molecular weight excluding hydrogens is 437 g/mol. The first-order valence-corrected chi connectivity index (χ1v) is 12.7. The lowest BCUT2D eigenvalue weighted by Crippen LogP contribution is -2.49. The molecule has 8 heteroatoms. The van der Waals surface area contributed by atoms with Gasteiger partial charge in [0.2, 0.25) is 5.91 Å². The third-order valence-corrected chi connectivity index (χ3v) is 8.69. The van der Waals surface area contributed by atoms with E-state index in [0.29, 0.717) is 31.7 Å². The molecule has 186 valence electrons. The van der Waals surface area contributed by atoms with Crippen LogP contribution in [0.25, 0.3) is 0 Å². The normalized spacial score (nSPS) is 28.1. The number of hydrogen-bond acceptors (Lipinski definition) is 5. The van der Waals surface area contributed by atoms with E-state index < -0.39 is 0 Å². The number of halogens is 1. The second-order valence-corrected chi connectivity index (χ2v) is 10.5. The number of ether oxygens (including phenoxy) is 2. The molecular formula is C26H36FN3O4. The molecule has 0 bridgehead atoms. The molecule has 3 unspecified atom stereocenters. The lowest BCUT2D eigenvalue weighted by Gasteiger charge is -2.42. The molecule has 0 N–H and O–H groups in total. The van der Waals surface area contributed by atoms with Crippen molar-refractivity contribution >= 4 is 17.7 Å². The Labute approximate surface area is 201 Å². The monoisotopic (exact) mass is 473 g/mol. The van der Waals surface area contributed by atoms with E-state index in [2.05, 4.69) is 4.90 Å². The summed E-state index contributed by atoms with van der Waals surface area (Å²) in [6, 6.07) is 5.56. The van der Waals surface area contributed by atoms with Crippen LogP contribution < -0.4 is 4.90 Å². The van der Waals surface area contributed by atoms with Gasteiger partial charge >= 0.3 is 6.09 Å². The van der Waals surface area contributed by atoms with Crippen LogP contribution in [-0.2, 0) is 19.7 Å². The number of benzene rings is 1. The van der Waals surface area contributed by atoms with E-state index in [-0.39, 0.29) is 29.3 Å². The number of hydrogen-bond donors (Lipinski definition) is 0. The Kier molecular flexibility index (Phi) is 6.55. The second-order valence-electron chi connectivity index (χ2n) is 10.5. The van der Waals surface area contributed by atoms with Gasteiger partial charge in [-0.3, -0.25) is 4.79 Å². The van der Waals surface area contributed by atoms with E-state index in [1.165, 1.54) is 12.5 Å². The first-order valence-electron chi connectivity index (χ1n) is 12.7. The second kappa shape index (κ2) is 9.46. The van der Waals surface area contributed by atoms with Crippen molar-refractivity contribution in [1.82, 2.24) is 9.80 Å². The number of amides is 2. The number of anilines is 1. The third kappa shape index (κ3) is 4.19. The van der Waals surface area contributed by atoms with Crippen LogP contribution >= 0.6 is 0 Å². The molecule has 1 spiro atoms. The molecule has 2 amide bonds. The lowest BCUT2D eigenvalue weighted by molar-refractivity contribution is -0.116. The SMILES string of the molecule is COCCOC(=O)N1CCCC2CC(N3CCC4(CC3)CN(C(C)=O)c3ccc(F)cc34)CC21. The van der Waals surface area contributed by atoms with Gasteiger partial charge < -0.3 is 24.2 Å². The minimum atomic E-state index is -0.233. The van der Waals surface area contributed by atoms with Crippen molar-refractivity contribution in [2.75, 3.05) is 51.4 Å². The first kappa shape index (κ1) is 23.5. The molecule has 0 aromatic heterocycles. The van der Waals surface area contributed by atoms with Gasteiger partial charge in [0.1, 0.15) is 12.4 Å². The van der Waals surface area contributed by atoms with Crippen LogP contribution in [0.15, 0.2) is 18.2 Å². The molecule has 1 aliphatic carbocycles. The van der Waals surface area contributed by atoms with Crippen LogP contribution in [0, 0.1) is 11.7 Å². The van der Waals surface area contributed by atoms with E-state index in [4.69, 9.17) is 9.47 Å². The molecule has 1 aromatic carbocycles. The molecule has 3 heterocycles. The summed E-state index contributed by atoms with van der Waals surface area (Å²) >= 11 is 0. The first-order chi connectivity index (χ1) is 16.4. The van der Waals surface area contributed by atoms with Crippen LogP contribution in [0.1, 0.15) is 51.0 Å². The highest BCUT2D eigenvalue weighted by Crippen LogP contribution is 2.49. The van der Waals surface area contributed by atoms with Gasteiger partial charge in [0, 0.05) is 50.3 Å². The summed E-state index contributed by atoms with van der Waals surface area (Å²) in [6.45, 7) is 5.58. The van der Waals surface area contributed by atoms with Gasteiger partial charge in [0.05, 0.1) is 6.61 Å². The fourth-order valence-electron chi connectivity index (χ4n) is 6.94. The molecule has 34 heavy (non-hydrogen) atoms. The number of methoxy groups -OCH3 is 1. The van der Waals surface area contributed by atoms with Crippen molar-refractivity contribution in [3.63, 3.8) is 0 Å². The molecule has 1 saturated carbocycles. The fraction of sp³-hybridized carbons (Fsp3) is 0.692. The van der Waals surface area contributed by atoms with Gasteiger partial charge in [-0.25, -0.2) is 9.18 Å². The van der Waals surface area contributed by atoms with Crippen molar-refractivity contribution in [2.24, 2.45) is 5.92 Å². The molecule has 3 atom stereocenters. The number of rotatable bonds is 4. The predicted octanol–water partition coefficient (Wildman–Crippen LogP) is 3.55. The number of carbonyl (C=O) groups is 2. The highest BCUT2D eigenvalue weighted by Gasteiger charge is 2.49. The predicted molar refractivity (Wildman–Crippen MR) is 126 cm³/mol. The summed E-state index contributed by atoms with van der Waals surface area (Å²) in [5, 5.41) is 0. The summed E-state index contributed by atoms with van der Waals surface area (Å²) in [7, 11) is 1.60. The maximum absolute atomic E-state index is 14.2. The summed E-state index contributed by atoms with van der Waals surface area (Å²) < 4.78 is 24.6. The van der Waals surface area contributed by atoms with Gasteiger partial charge in [-0.15, -0.1) is 0 Å². The minimum Gasteiger partial charge on any atom is -0.447 e. The maximum Gasteiger partial charge on any atom is 0.410 e. The Morgan fingerprint density at radius 3 is 2.68 bits per heavy atom. The summed E-state index contributed by atoms with van der Waals surface area (Å²) in [5.74, 6) is 0.312. The zero-order valence-corrected chi connectivity index (χ0v) is 20.3. The standard InChI is InChI=1S/C26H36FN3O4/c1-18(31)30-17-26(22-15-20(27)5-6-23(22)30)7-10-28(11-8-26)21-14-19-4-3-9-29(24(19)16-21)25(32)34-13-12-33-2/h5-6,15,19,21,24H,3-4,7-14,16-17H2,1-2H3. The molecule has 7 nitrogen and oxygen atoms in total. The third-order valence-electron chi connectivity index (χ3n) is 8.69. The molecule has 0 radical (unpaired) electrons. The van der Waals surface area contributed by atoms with Gasteiger partial charge in [-0.1, -0.05) is 0 Å². The van der Waals surface area contributed by atoms with Crippen molar-refractivity contribution in [3.05, 3.63) is 29.6 Å². The topological polar surface area (TPSA) is 62.3 Å². The largest absolute Gasteiger partial charge is 0.447 e. The molecule has 1 aromatic rings. The molecule has 3 aliphatic heterocycles. The molecule has 5 rings (SSSR count). The number of fused-ring (bicyclic) bond motifs is 3. The van der Waals surface area contributed by atoms with Crippen LogP contribution in [-0.4, -0.2) is 80.4 Å². The van der Waals surface area contributed by atoms with Gasteiger partial charge in [0.15, 0.2) is 0 Å². The number of piperidine rings is 2. The van der Waals surface area contributed by atoms with E-state index in [0.717, 1.165) is 63.0 Å². The Morgan fingerprint density at radius 2 is 1.94 bits per heavy atom. The Morgan fingerprint density at radius 1 is 1.15 bits per heavy atom. The van der Waals surface area contributed by atoms with Crippen LogP contribution in [0.4, 0.5) is 14.9 Å². The van der Waals surface area contributed by atoms with Gasteiger partial charge in [-0.05, 0) is 81.3 Å². The van der Waals surface area contributed by atoms with Gasteiger partial charge in [0.25, 0.3) is 0 Å². The quantitative estimate of drug-likeness (QED) is 0.626. The summed E-state index contributed by atoms with van der Waals surface area (Å²) in [6.07, 6.45) is 5.93. The summed E-state index contributed by atoms with van der Waals surface area (Å²) in [4.78, 5) is 31.3. The van der Waals surface area contributed by atoms with Crippen LogP contribution in [0.3, 0.4) is 0 Å². The van der Waals surface area contributed by atoms with Gasteiger partial charge in [-0.2, -0.15) is 0 Å². The van der Waals surface area contributed by atoms with E-state index in [1.807, 2.05) is 9.80 Å². The highest BCUT2D eigenvalue weighted by molar-refractivity contribution is 5.94. The van der Waals surface area contributed by atoms with Crippen LogP contribution in [0.5, 0.6) is 0 Å². The average Bonchev–Trinajstić information content (AvgIpc) is 3.39. The minimum absolute atomic E-state index is 0.0181. The molecule has 4 aliphatic rings. The van der Waals surface area contributed by atoms with Crippen molar-refractivity contribution in [3.8, 4) is 0 Å². The summed E-state index contributed by atoms with van der Waals surface area (Å²) in [5.41, 5.74) is 1.70. The molecule has 3 fully saturated rings.